The zero-order valence-electron chi connectivity index (χ0n) is 19.3. The number of hydrogen-bond donors (Lipinski definition) is 1. The molecule has 11 heteroatoms. The van der Waals surface area contributed by atoms with E-state index in [1.807, 2.05) is 24.0 Å². The van der Waals surface area contributed by atoms with Gasteiger partial charge in [0.15, 0.2) is 11.3 Å². The number of carbonyl (C=O) groups is 1. The number of aliphatic carboxylic acids is 1. The van der Waals surface area contributed by atoms with Crippen LogP contribution in [0.4, 0.5) is 5.82 Å². The molecule has 11 nitrogen and oxygen atoms in total. The molecule has 4 rings (SSSR count). The summed E-state index contributed by atoms with van der Waals surface area (Å²) in [7, 11) is 1.55. The number of carboxylic acid groups (broad SMARTS) is 1. The lowest BCUT2D eigenvalue weighted by atomic mass is 9.97. The van der Waals surface area contributed by atoms with Crippen LogP contribution in [0.2, 0.25) is 0 Å². The number of nitrogens with zero attached hydrogens (tertiary/aromatic N) is 6. The van der Waals surface area contributed by atoms with Crippen LogP contribution in [0.15, 0.2) is 29.2 Å². The highest BCUT2D eigenvalue weighted by atomic mass is 16.5. The third-order valence-corrected chi connectivity index (χ3v) is 5.90. The van der Waals surface area contributed by atoms with Gasteiger partial charge in [-0.15, -0.1) is 10.2 Å². The predicted molar refractivity (Wildman–Crippen MR) is 125 cm³/mol. The quantitative estimate of drug-likeness (QED) is 0.465. The van der Waals surface area contributed by atoms with Crippen molar-refractivity contribution in [1.82, 2.24) is 24.7 Å². The number of pyridine rings is 1. The van der Waals surface area contributed by atoms with Crippen LogP contribution in [0.3, 0.4) is 0 Å². The number of carboxylic acids is 1. The number of methoxy groups -OCH3 is 1. The van der Waals surface area contributed by atoms with Crippen LogP contribution in [0.25, 0.3) is 22.3 Å². The van der Waals surface area contributed by atoms with Gasteiger partial charge in [0.2, 0.25) is 5.88 Å². The van der Waals surface area contributed by atoms with Gasteiger partial charge in [-0.25, -0.2) is 9.78 Å². The van der Waals surface area contributed by atoms with Crippen molar-refractivity contribution in [3.05, 3.63) is 34.9 Å². The summed E-state index contributed by atoms with van der Waals surface area (Å²) in [5.74, 6) is -0.267. The Morgan fingerprint density at radius 3 is 2.65 bits per heavy atom. The largest absolute Gasteiger partial charge is 0.481 e. The molecule has 0 saturated carbocycles. The lowest BCUT2D eigenvalue weighted by molar-refractivity contribution is -0.142. The fourth-order valence-corrected chi connectivity index (χ4v) is 4.02. The van der Waals surface area contributed by atoms with Gasteiger partial charge >= 0.3 is 11.7 Å². The van der Waals surface area contributed by atoms with Crippen LogP contribution in [0.5, 0.6) is 5.88 Å². The van der Waals surface area contributed by atoms with Crippen molar-refractivity contribution in [1.29, 1.82) is 0 Å². The Labute approximate surface area is 196 Å². The lowest BCUT2D eigenvalue weighted by Crippen LogP contribution is -2.39. The van der Waals surface area contributed by atoms with E-state index in [0.717, 1.165) is 12.0 Å². The van der Waals surface area contributed by atoms with Gasteiger partial charge in [-0.05, 0) is 31.4 Å². The predicted octanol–water partition coefficient (Wildman–Crippen LogP) is 1.98. The molecular formula is C23H28N6O5. The Morgan fingerprint density at radius 1 is 1.21 bits per heavy atom. The van der Waals surface area contributed by atoms with Crippen molar-refractivity contribution in [2.24, 2.45) is 5.92 Å². The molecule has 180 valence electrons. The second-order valence-corrected chi connectivity index (χ2v) is 8.13. The molecule has 1 aliphatic rings. The third kappa shape index (κ3) is 4.98. The number of ether oxygens (including phenoxy) is 2. The minimum atomic E-state index is -0.794. The molecule has 0 spiro atoms. The molecule has 0 amide bonds. The number of hydrogen-bond acceptors (Lipinski definition) is 9. The van der Waals surface area contributed by atoms with Crippen LogP contribution in [0.1, 0.15) is 26.2 Å². The highest BCUT2D eigenvalue weighted by Crippen LogP contribution is 2.28. The van der Waals surface area contributed by atoms with Crippen LogP contribution in [0, 0.1) is 5.92 Å². The maximum absolute atomic E-state index is 13.1. The third-order valence-electron chi connectivity index (χ3n) is 5.90. The van der Waals surface area contributed by atoms with Gasteiger partial charge in [-0.1, -0.05) is 6.92 Å². The topological polar surface area (TPSA) is 133 Å². The van der Waals surface area contributed by atoms with E-state index < -0.39 is 11.7 Å². The van der Waals surface area contributed by atoms with E-state index in [9.17, 15) is 14.7 Å². The summed E-state index contributed by atoms with van der Waals surface area (Å²) < 4.78 is 12.3. The van der Waals surface area contributed by atoms with E-state index in [1.54, 1.807) is 23.9 Å². The molecule has 1 aliphatic heterocycles. The second kappa shape index (κ2) is 10.6. The van der Waals surface area contributed by atoms with Gasteiger partial charge in [-0.3, -0.25) is 9.36 Å². The standard InChI is InChI=1S/C23H28N6O5/c1-3-11-34-12-10-29-18-13-17(16-4-5-19(33-2)24-14-16)26-27-20(18)21(25-23(29)32)28-8-6-15(7-9-28)22(30)31/h4-5,13-15H,3,6-12H2,1-2H3,(H,30,31). The summed E-state index contributed by atoms with van der Waals surface area (Å²) in [6.07, 6.45) is 3.49. The molecule has 3 aromatic rings. The van der Waals surface area contributed by atoms with E-state index in [2.05, 4.69) is 20.2 Å². The van der Waals surface area contributed by atoms with Gasteiger partial charge in [0, 0.05) is 37.5 Å². The van der Waals surface area contributed by atoms with E-state index >= 15 is 0 Å². The Bertz CT molecular complexity index is 1200. The van der Waals surface area contributed by atoms with Crippen molar-refractivity contribution < 1.29 is 19.4 Å². The summed E-state index contributed by atoms with van der Waals surface area (Å²) in [6, 6.07) is 5.37. The molecule has 34 heavy (non-hydrogen) atoms. The number of rotatable bonds is 9. The Hall–Kier alpha value is -3.60. The summed E-state index contributed by atoms with van der Waals surface area (Å²) in [5, 5.41) is 18.1. The minimum absolute atomic E-state index is 0.329. The second-order valence-electron chi connectivity index (χ2n) is 8.13. The van der Waals surface area contributed by atoms with Gasteiger partial charge < -0.3 is 19.5 Å². The van der Waals surface area contributed by atoms with E-state index in [1.165, 1.54) is 0 Å². The maximum Gasteiger partial charge on any atom is 0.350 e. The van der Waals surface area contributed by atoms with Crippen LogP contribution in [-0.4, -0.2) is 69.2 Å². The first-order valence-corrected chi connectivity index (χ1v) is 11.4. The Balaban J connectivity index is 1.75. The fourth-order valence-electron chi connectivity index (χ4n) is 4.02. The first kappa shape index (κ1) is 23.6. The molecule has 3 aromatic heterocycles. The molecule has 0 radical (unpaired) electrons. The monoisotopic (exact) mass is 468 g/mol. The summed E-state index contributed by atoms with van der Waals surface area (Å²) in [5.41, 5.74) is 1.98. The molecule has 0 unspecified atom stereocenters. The molecule has 0 aromatic carbocycles. The van der Waals surface area contributed by atoms with Crippen molar-refractivity contribution in [3.63, 3.8) is 0 Å². The number of anilines is 1. The smallest absolute Gasteiger partial charge is 0.350 e. The average Bonchev–Trinajstić information content (AvgIpc) is 2.87. The summed E-state index contributed by atoms with van der Waals surface area (Å²) in [4.78, 5) is 34.9. The van der Waals surface area contributed by atoms with Crippen molar-refractivity contribution in [2.45, 2.75) is 32.7 Å². The number of aromatic nitrogens is 5. The molecule has 1 fully saturated rings. The van der Waals surface area contributed by atoms with Gasteiger partial charge in [0.25, 0.3) is 0 Å². The van der Waals surface area contributed by atoms with Crippen molar-refractivity contribution >= 4 is 22.8 Å². The lowest BCUT2D eigenvalue weighted by Gasteiger charge is -2.31. The Morgan fingerprint density at radius 2 is 2.00 bits per heavy atom. The number of piperidine rings is 1. The normalized spacial score (nSPS) is 14.5. The number of fused-ring (bicyclic) bond motifs is 1. The first-order valence-electron chi connectivity index (χ1n) is 11.4. The van der Waals surface area contributed by atoms with Crippen molar-refractivity contribution in [3.8, 4) is 17.1 Å². The Kier molecular flexibility index (Phi) is 7.31. The highest BCUT2D eigenvalue weighted by molar-refractivity contribution is 5.87. The summed E-state index contributed by atoms with van der Waals surface area (Å²) in [6.45, 7) is 4.29. The average molecular weight is 469 g/mol. The first-order chi connectivity index (χ1) is 16.5. The minimum Gasteiger partial charge on any atom is -0.481 e. The maximum atomic E-state index is 13.1. The molecule has 0 aliphatic carbocycles. The van der Waals surface area contributed by atoms with Crippen molar-refractivity contribution in [2.75, 3.05) is 38.3 Å². The molecule has 4 heterocycles. The van der Waals surface area contributed by atoms with Gasteiger partial charge in [0.1, 0.15) is 0 Å². The van der Waals surface area contributed by atoms with Crippen LogP contribution in [-0.2, 0) is 16.1 Å². The SMILES string of the molecule is CCCOCCn1c(=O)nc(N2CCC(C(=O)O)CC2)c2nnc(-c3ccc(OC)nc3)cc21. The molecular weight excluding hydrogens is 440 g/mol. The van der Waals surface area contributed by atoms with Crippen LogP contribution < -0.4 is 15.3 Å². The zero-order valence-corrected chi connectivity index (χ0v) is 19.3. The van der Waals surface area contributed by atoms with Gasteiger partial charge in [0.05, 0.1) is 37.4 Å². The van der Waals surface area contributed by atoms with E-state index in [-0.39, 0.29) is 5.92 Å². The summed E-state index contributed by atoms with van der Waals surface area (Å²) >= 11 is 0. The molecule has 1 saturated heterocycles. The molecule has 1 N–H and O–H groups in total. The van der Waals surface area contributed by atoms with Gasteiger partial charge in [-0.2, -0.15) is 4.98 Å². The zero-order chi connectivity index (χ0) is 24.1. The van der Waals surface area contributed by atoms with Crippen LogP contribution >= 0.6 is 0 Å². The molecule has 0 atom stereocenters. The molecule has 0 bridgehead atoms. The fraction of sp³-hybridized carbons (Fsp3) is 0.478. The highest BCUT2D eigenvalue weighted by Gasteiger charge is 2.27. The van der Waals surface area contributed by atoms with E-state index in [4.69, 9.17) is 9.47 Å². The van der Waals surface area contributed by atoms with E-state index in [0.29, 0.717) is 74.1 Å².